The lowest BCUT2D eigenvalue weighted by Gasteiger charge is -2.33. The summed E-state index contributed by atoms with van der Waals surface area (Å²) < 4.78 is 18.4. The number of aliphatic hydroxyl groups is 1. The number of hydrogen-bond acceptors (Lipinski definition) is 7. The highest BCUT2D eigenvalue weighted by Crippen LogP contribution is 2.45. The van der Waals surface area contributed by atoms with Crippen molar-refractivity contribution < 1.29 is 29.2 Å². The van der Waals surface area contributed by atoms with Crippen molar-refractivity contribution in [2.24, 2.45) is 0 Å². The van der Waals surface area contributed by atoms with Gasteiger partial charge in [0.25, 0.3) is 0 Å². The third-order valence-corrected chi connectivity index (χ3v) is 6.32. The zero-order chi connectivity index (χ0) is 23.0. The van der Waals surface area contributed by atoms with E-state index in [0.717, 1.165) is 12.0 Å². The molecule has 0 spiro atoms. The second-order valence-electron chi connectivity index (χ2n) is 9.82. The van der Waals surface area contributed by atoms with Crippen molar-refractivity contribution in [2.45, 2.75) is 64.3 Å². The Morgan fingerprint density at radius 1 is 1.09 bits per heavy atom. The van der Waals surface area contributed by atoms with Gasteiger partial charge >= 0.3 is 0 Å². The molecule has 1 unspecified atom stereocenters. The van der Waals surface area contributed by atoms with Crippen molar-refractivity contribution in [2.75, 3.05) is 0 Å². The zero-order valence-corrected chi connectivity index (χ0v) is 18.5. The lowest BCUT2D eigenvalue weighted by molar-refractivity contribution is -0.0322. The number of hydrogen-bond donors (Lipinski definition) is 3. The van der Waals surface area contributed by atoms with Crippen LogP contribution >= 0.6 is 0 Å². The fourth-order valence-electron chi connectivity index (χ4n) is 4.49. The Morgan fingerprint density at radius 2 is 1.84 bits per heavy atom. The average molecular weight is 438 g/mol. The number of aromatic hydroxyl groups is 2. The Bertz CT molecular complexity index is 1310. The van der Waals surface area contributed by atoms with E-state index in [1.54, 1.807) is 19.9 Å². The summed E-state index contributed by atoms with van der Waals surface area (Å²) in [6.45, 7) is 7.14. The van der Waals surface area contributed by atoms with Crippen LogP contribution in [0.4, 0.5) is 0 Å². The quantitative estimate of drug-likeness (QED) is 0.526. The Hall–Kier alpha value is -3.19. The Balaban J connectivity index is 1.85. The topological polar surface area (TPSA) is 109 Å². The molecule has 0 fully saturated rings. The summed E-state index contributed by atoms with van der Waals surface area (Å²) in [4.78, 5) is 13.7. The molecule has 3 aromatic rings. The molecule has 0 saturated carbocycles. The van der Waals surface area contributed by atoms with Crippen LogP contribution in [0.3, 0.4) is 0 Å². The van der Waals surface area contributed by atoms with Crippen LogP contribution < -0.4 is 14.9 Å². The van der Waals surface area contributed by atoms with E-state index >= 15 is 0 Å². The first kappa shape index (κ1) is 20.7. The fourth-order valence-corrected chi connectivity index (χ4v) is 4.49. The Labute approximate surface area is 184 Å². The first-order valence-corrected chi connectivity index (χ1v) is 10.7. The lowest BCUT2D eigenvalue weighted by atomic mass is 9.90. The van der Waals surface area contributed by atoms with Gasteiger partial charge in [-0.15, -0.1) is 0 Å². The van der Waals surface area contributed by atoms with Gasteiger partial charge in [-0.05, 0) is 52.7 Å². The molecule has 0 aliphatic carbocycles. The average Bonchev–Trinajstić information content (AvgIpc) is 2.83. The predicted molar refractivity (Wildman–Crippen MR) is 119 cm³/mol. The Morgan fingerprint density at radius 3 is 2.56 bits per heavy atom. The van der Waals surface area contributed by atoms with Gasteiger partial charge in [0.15, 0.2) is 5.43 Å². The minimum absolute atomic E-state index is 0.00418. The first-order valence-electron chi connectivity index (χ1n) is 10.7. The van der Waals surface area contributed by atoms with Crippen molar-refractivity contribution >= 4 is 11.0 Å². The van der Waals surface area contributed by atoms with Gasteiger partial charge in [-0.1, -0.05) is 0 Å². The third-order valence-electron chi connectivity index (χ3n) is 6.32. The predicted octanol–water partition coefficient (Wildman–Crippen LogP) is 4.05. The van der Waals surface area contributed by atoms with Gasteiger partial charge in [0.2, 0.25) is 0 Å². The minimum Gasteiger partial charge on any atom is -0.508 e. The standard InChI is InChI=1S/C25H26O7/c1-24(2)8-7-14-18(32-24)11-16(27)20-21(28)15-10-19(25(3,4)29)30-17-9-12(26)5-6-13(17)22(15)31-23(14)20/h5-6,9,11,19,26-27,29H,7-8,10H2,1-4H3. The normalized spacial score (nSPS) is 19.2. The molecule has 1 aromatic heterocycles. The van der Waals surface area contributed by atoms with Crippen LogP contribution in [0.5, 0.6) is 23.0 Å². The van der Waals surface area contributed by atoms with Gasteiger partial charge in [0.1, 0.15) is 51.4 Å². The summed E-state index contributed by atoms with van der Waals surface area (Å²) in [7, 11) is 0. The van der Waals surface area contributed by atoms with E-state index in [1.165, 1.54) is 18.2 Å². The van der Waals surface area contributed by atoms with Crippen LogP contribution in [0.1, 0.15) is 45.2 Å². The lowest BCUT2D eigenvalue weighted by Crippen LogP contribution is -2.42. The maximum Gasteiger partial charge on any atom is 0.200 e. The Kier molecular flexibility index (Phi) is 4.30. The summed E-state index contributed by atoms with van der Waals surface area (Å²) in [5.74, 6) is 0.908. The molecule has 7 heteroatoms. The SMILES string of the molecule is CC1(C)CCc2c(cc(O)c3c(=O)c4c(oc23)-c2ccc(O)cc2OC(C(C)(C)O)C4)O1. The number of ether oxygens (including phenoxy) is 2. The summed E-state index contributed by atoms with van der Waals surface area (Å²) >= 11 is 0. The molecule has 5 rings (SSSR count). The van der Waals surface area contributed by atoms with Crippen LogP contribution in [0, 0.1) is 0 Å². The van der Waals surface area contributed by atoms with Crippen molar-refractivity contribution in [1.29, 1.82) is 0 Å². The van der Waals surface area contributed by atoms with Crippen LogP contribution in [0.25, 0.3) is 22.3 Å². The van der Waals surface area contributed by atoms with Gasteiger partial charge in [-0.3, -0.25) is 4.79 Å². The molecule has 1 atom stereocenters. The van der Waals surface area contributed by atoms with Gasteiger partial charge < -0.3 is 29.2 Å². The smallest absolute Gasteiger partial charge is 0.200 e. The molecule has 2 aliphatic heterocycles. The van der Waals surface area contributed by atoms with E-state index in [-0.39, 0.29) is 28.7 Å². The highest BCUT2D eigenvalue weighted by Gasteiger charge is 2.37. The van der Waals surface area contributed by atoms with Crippen molar-refractivity contribution in [3.63, 3.8) is 0 Å². The molecule has 0 radical (unpaired) electrons. The maximum atomic E-state index is 13.7. The number of aryl methyl sites for hydroxylation is 1. The highest BCUT2D eigenvalue weighted by atomic mass is 16.5. The molecule has 0 saturated heterocycles. The monoisotopic (exact) mass is 438 g/mol. The van der Waals surface area contributed by atoms with Crippen molar-refractivity contribution in [3.05, 3.63) is 45.6 Å². The summed E-state index contributed by atoms with van der Waals surface area (Å²) in [6, 6.07) is 6.04. The zero-order valence-electron chi connectivity index (χ0n) is 18.5. The minimum atomic E-state index is -1.27. The first-order chi connectivity index (χ1) is 14.9. The van der Waals surface area contributed by atoms with Crippen LogP contribution in [-0.2, 0) is 12.8 Å². The molecule has 3 heterocycles. The number of fused-ring (bicyclic) bond motifs is 6. The van der Waals surface area contributed by atoms with E-state index in [0.29, 0.717) is 40.4 Å². The molecule has 32 heavy (non-hydrogen) atoms. The van der Waals surface area contributed by atoms with Gasteiger partial charge in [0.05, 0.1) is 11.2 Å². The van der Waals surface area contributed by atoms with E-state index < -0.39 is 17.3 Å². The molecular weight excluding hydrogens is 412 g/mol. The highest BCUT2D eigenvalue weighted by molar-refractivity contribution is 5.91. The molecule has 168 valence electrons. The van der Waals surface area contributed by atoms with E-state index in [1.807, 2.05) is 13.8 Å². The van der Waals surface area contributed by atoms with Crippen molar-refractivity contribution in [1.82, 2.24) is 0 Å². The summed E-state index contributed by atoms with van der Waals surface area (Å²) in [5.41, 5.74) is -0.203. The number of benzene rings is 2. The third kappa shape index (κ3) is 3.19. The second kappa shape index (κ2) is 6.65. The molecule has 0 amide bonds. The molecule has 0 bridgehead atoms. The molecule has 2 aromatic carbocycles. The molecule has 2 aliphatic rings. The molecule has 3 N–H and O–H groups in total. The van der Waals surface area contributed by atoms with Crippen LogP contribution in [-0.4, -0.2) is 32.6 Å². The van der Waals surface area contributed by atoms with Gasteiger partial charge in [-0.25, -0.2) is 0 Å². The second-order valence-corrected chi connectivity index (χ2v) is 9.82. The summed E-state index contributed by atoms with van der Waals surface area (Å²) in [5, 5.41) is 31.5. The van der Waals surface area contributed by atoms with E-state index in [9.17, 15) is 20.1 Å². The fraction of sp³-hybridized carbons (Fsp3) is 0.400. The maximum absolute atomic E-state index is 13.7. The number of rotatable bonds is 1. The van der Waals surface area contributed by atoms with Crippen LogP contribution in [0.15, 0.2) is 33.5 Å². The van der Waals surface area contributed by atoms with Gasteiger partial charge in [0, 0.05) is 29.7 Å². The van der Waals surface area contributed by atoms with Crippen LogP contribution in [0.2, 0.25) is 0 Å². The largest absolute Gasteiger partial charge is 0.508 e. The molecule has 7 nitrogen and oxygen atoms in total. The number of phenolic OH excluding ortho intramolecular Hbond substituents is 2. The van der Waals surface area contributed by atoms with Gasteiger partial charge in [-0.2, -0.15) is 0 Å². The van der Waals surface area contributed by atoms with Crippen molar-refractivity contribution in [3.8, 4) is 34.3 Å². The summed E-state index contributed by atoms with van der Waals surface area (Å²) in [6.07, 6.45) is 0.668. The molecular formula is C25H26O7. The van der Waals surface area contributed by atoms with E-state index in [2.05, 4.69) is 0 Å². The van der Waals surface area contributed by atoms with E-state index in [4.69, 9.17) is 13.9 Å². The number of phenols is 2.